The molecule has 0 aromatic heterocycles. The zero-order chi connectivity index (χ0) is 14.6. The minimum atomic E-state index is -1.73. The second kappa shape index (κ2) is 6.24. The van der Waals surface area contributed by atoms with Gasteiger partial charge in [-0.2, -0.15) is 0 Å². The summed E-state index contributed by atoms with van der Waals surface area (Å²) in [5.74, 6) is -1.34. The van der Waals surface area contributed by atoms with Crippen molar-refractivity contribution in [2.45, 2.75) is 18.4 Å². The van der Waals surface area contributed by atoms with Crippen LogP contribution in [0.1, 0.15) is 12.8 Å². The highest BCUT2D eigenvalue weighted by atomic mass is 35.5. The summed E-state index contributed by atoms with van der Waals surface area (Å²) in [4.78, 5) is 10.8. The molecule has 1 N–H and O–H groups in total. The third kappa shape index (κ3) is 3.49. The monoisotopic (exact) mass is 300 g/mol. The van der Waals surface area contributed by atoms with Gasteiger partial charge in [0, 0.05) is 5.02 Å². The maximum absolute atomic E-state index is 13.6. The molecule has 1 aromatic carbocycles. The van der Waals surface area contributed by atoms with E-state index in [9.17, 15) is 9.18 Å². The molecule has 1 aliphatic rings. The van der Waals surface area contributed by atoms with Gasteiger partial charge in [-0.05, 0) is 43.2 Å². The van der Waals surface area contributed by atoms with Crippen LogP contribution in [-0.4, -0.2) is 29.9 Å². The summed E-state index contributed by atoms with van der Waals surface area (Å²) >= 11 is 5.74. The number of rotatable bonds is 7. The van der Waals surface area contributed by atoms with Gasteiger partial charge in [-0.25, -0.2) is 9.18 Å². The average Bonchev–Trinajstić information content (AvgIpc) is 3.22. The molecule has 0 amide bonds. The quantitative estimate of drug-likeness (QED) is 0.620. The lowest BCUT2D eigenvalue weighted by Gasteiger charge is -2.05. The molecule has 0 saturated carbocycles. The second-order valence-corrected chi connectivity index (χ2v) is 4.85. The molecule has 1 heterocycles. The Balaban J connectivity index is 1.71. The zero-order valence-electron chi connectivity index (χ0n) is 10.6. The number of carbonyl (C=O) groups is 1. The molecule has 20 heavy (non-hydrogen) atoms. The van der Waals surface area contributed by atoms with Crippen molar-refractivity contribution in [1.82, 2.24) is 0 Å². The van der Waals surface area contributed by atoms with Crippen molar-refractivity contribution in [2.24, 2.45) is 0 Å². The first kappa shape index (κ1) is 14.8. The summed E-state index contributed by atoms with van der Waals surface area (Å²) in [6, 6.07) is 6.93. The van der Waals surface area contributed by atoms with Gasteiger partial charge in [0.05, 0.1) is 13.2 Å². The van der Waals surface area contributed by atoms with E-state index in [2.05, 4.69) is 4.74 Å². The molecule has 1 aromatic rings. The van der Waals surface area contributed by atoms with Gasteiger partial charge in [-0.15, -0.1) is 0 Å². The lowest BCUT2D eigenvalue weighted by Crippen LogP contribution is -2.24. The zero-order valence-corrected chi connectivity index (χ0v) is 11.4. The van der Waals surface area contributed by atoms with Crippen molar-refractivity contribution < 1.29 is 23.8 Å². The van der Waals surface area contributed by atoms with Crippen molar-refractivity contribution in [3.63, 3.8) is 0 Å². The number of allylic oxidation sites excluding steroid dienone is 1. The summed E-state index contributed by atoms with van der Waals surface area (Å²) < 4.78 is 23.7. The Morgan fingerprint density at radius 3 is 2.70 bits per heavy atom. The molecule has 4 nitrogen and oxygen atoms in total. The molecule has 0 spiro atoms. The van der Waals surface area contributed by atoms with Gasteiger partial charge in [0.2, 0.25) is 5.60 Å². The van der Waals surface area contributed by atoms with Crippen LogP contribution in [0.5, 0.6) is 5.75 Å². The topological polar surface area (TPSA) is 59.1 Å². The average molecular weight is 301 g/mol. The van der Waals surface area contributed by atoms with E-state index in [-0.39, 0.29) is 6.61 Å². The molecule has 0 radical (unpaired) electrons. The fraction of sp³-hybridized carbons (Fsp3) is 0.357. The molecule has 1 atom stereocenters. The second-order valence-electron chi connectivity index (χ2n) is 4.42. The smallest absolute Gasteiger partial charge is 0.345 e. The van der Waals surface area contributed by atoms with Gasteiger partial charge in [0.25, 0.3) is 0 Å². The van der Waals surface area contributed by atoms with E-state index in [1.807, 2.05) is 0 Å². The number of aliphatic carboxylic acids is 1. The molecule has 1 aliphatic heterocycles. The van der Waals surface area contributed by atoms with Crippen LogP contribution in [0.25, 0.3) is 0 Å². The first-order valence-electron chi connectivity index (χ1n) is 6.16. The fourth-order valence-corrected chi connectivity index (χ4v) is 1.76. The van der Waals surface area contributed by atoms with Crippen LogP contribution in [0.15, 0.2) is 36.2 Å². The lowest BCUT2D eigenvalue weighted by atomic mass is 10.1. The standard InChI is InChI=1S/C14H14ClFO4/c15-10-4-6-11(7-5-10)19-8-2-1-3-12(16)14(9-20-14)13(17)18/h3-7H,1-2,8-9H2,(H,17,18). The predicted octanol–water partition coefficient (Wildman–Crippen LogP) is 3.21. The predicted molar refractivity (Wildman–Crippen MR) is 71.7 cm³/mol. The summed E-state index contributed by atoms with van der Waals surface area (Å²) in [5.41, 5.74) is -1.73. The van der Waals surface area contributed by atoms with Gasteiger partial charge < -0.3 is 14.6 Å². The van der Waals surface area contributed by atoms with Crippen LogP contribution in [0.4, 0.5) is 4.39 Å². The fourth-order valence-electron chi connectivity index (χ4n) is 1.63. The van der Waals surface area contributed by atoms with Gasteiger partial charge in [-0.1, -0.05) is 11.6 Å². The number of benzene rings is 1. The van der Waals surface area contributed by atoms with Gasteiger partial charge in [0.1, 0.15) is 11.6 Å². The van der Waals surface area contributed by atoms with Crippen molar-refractivity contribution in [1.29, 1.82) is 0 Å². The summed E-state index contributed by atoms with van der Waals surface area (Å²) in [6.45, 7) is 0.304. The van der Waals surface area contributed by atoms with Gasteiger partial charge in [0.15, 0.2) is 0 Å². The SMILES string of the molecule is O=C(O)C1(C(F)=CCCCOc2ccc(Cl)cc2)CO1. The third-order valence-corrected chi connectivity index (χ3v) is 3.17. The highest BCUT2D eigenvalue weighted by Gasteiger charge is 2.57. The van der Waals surface area contributed by atoms with Crippen LogP contribution in [-0.2, 0) is 9.53 Å². The van der Waals surface area contributed by atoms with Crippen molar-refractivity contribution in [3.05, 3.63) is 41.2 Å². The summed E-state index contributed by atoms with van der Waals surface area (Å²) in [6.07, 6.45) is 2.20. The third-order valence-electron chi connectivity index (χ3n) is 2.92. The first-order valence-corrected chi connectivity index (χ1v) is 6.54. The van der Waals surface area contributed by atoms with E-state index in [0.29, 0.717) is 30.2 Å². The molecule has 6 heteroatoms. The van der Waals surface area contributed by atoms with Gasteiger partial charge in [-0.3, -0.25) is 0 Å². The molecule has 1 saturated heterocycles. The lowest BCUT2D eigenvalue weighted by molar-refractivity contribution is -0.142. The molecule has 1 unspecified atom stereocenters. The van der Waals surface area contributed by atoms with E-state index in [1.54, 1.807) is 24.3 Å². The Morgan fingerprint density at radius 1 is 1.50 bits per heavy atom. The number of carboxylic acids is 1. The number of epoxide rings is 1. The van der Waals surface area contributed by atoms with E-state index in [4.69, 9.17) is 21.4 Å². The summed E-state index contributed by atoms with van der Waals surface area (Å²) in [7, 11) is 0. The van der Waals surface area contributed by atoms with Crippen LogP contribution < -0.4 is 4.74 Å². The Kier molecular flexibility index (Phi) is 4.62. The molecule has 108 valence electrons. The normalized spacial score (nSPS) is 21.6. The van der Waals surface area contributed by atoms with Crippen molar-refractivity contribution in [3.8, 4) is 5.75 Å². The number of halogens is 2. The van der Waals surface area contributed by atoms with Crippen LogP contribution in [0, 0.1) is 0 Å². The number of carboxylic acid groups (broad SMARTS) is 1. The van der Waals surface area contributed by atoms with E-state index < -0.39 is 17.4 Å². The first-order chi connectivity index (χ1) is 9.54. The highest BCUT2D eigenvalue weighted by Crippen LogP contribution is 2.36. The molecular formula is C14H14ClFO4. The number of ether oxygens (including phenoxy) is 2. The Bertz CT molecular complexity index is 508. The molecule has 2 rings (SSSR count). The van der Waals surface area contributed by atoms with Crippen molar-refractivity contribution in [2.75, 3.05) is 13.2 Å². The minimum absolute atomic E-state index is 0.105. The van der Waals surface area contributed by atoms with Gasteiger partial charge >= 0.3 is 5.97 Å². The summed E-state index contributed by atoms with van der Waals surface area (Å²) in [5, 5.41) is 9.44. The highest BCUT2D eigenvalue weighted by molar-refractivity contribution is 6.30. The molecule has 0 bridgehead atoms. The number of hydrogen-bond donors (Lipinski definition) is 1. The Morgan fingerprint density at radius 2 is 2.15 bits per heavy atom. The molecular weight excluding hydrogens is 287 g/mol. The van der Waals surface area contributed by atoms with E-state index in [1.165, 1.54) is 6.08 Å². The van der Waals surface area contributed by atoms with Crippen LogP contribution >= 0.6 is 11.6 Å². The number of unbranched alkanes of at least 4 members (excludes halogenated alkanes) is 1. The Labute approximate surface area is 120 Å². The van der Waals surface area contributed by atoms with E-state index >= 15 is 0 Å². The van der Waals surface area contributed by atoms with Crippen molar-refractivity contribution >= 4 is 17.6 Å². The molecule has 1 fully saturated rings. The van der Waals surface area contributed by atoms with Crippen LogP contribution in [0.2, 0.25) is 5.02 Å². The van der Waals surface area contributed by atoms with Crippen LogP contribution in [0.3, 0.4) is 0 Å². The maximum Gasteiger partial charge on any atom is 0.345 e. The minimum Gasteiger partial charge on any atom is -0.494 e. The number of hydrogen-bond acceptors (Lipinski definition) is 3. The maximum atomic E-state index is 13.6. The molecule has 0 aliphatic carbocycles. The Hall–Kier alpha value is -1.59. The van der Waals surface area contributed by atoms with E-state index in [0.717, 1.165) is 0 Å². The largest absolute Gasteiger partial charge is 0.494 e.